The lowest BCUT2D eigenvalue weighted by atomic mass is 9.96. The number of likely N-dealkylation sites (tertiary alicyclic amines) is 1. The summed E-state index contributed by atoms with van der Waals surface area (Å²) >= 11 is 0. The van der Waals surface area contributed by atoms with Crippen LogP contribution in [0.5, 0.6) is 11.5 Å². The van der Waals surface area contributed by atoms with E-state index in [1.165, 1.54) is 0 Å². The number of β-amino-alcohol motifs (C(OH)–C–C–N with tert-alkyl or cyclic N) is 1. The Morgan fingerprint density at radius 1 is 0.854 bits per heavy atom. The van der Waals surface area contributed by atoms with E-state index < -0.39 is 12.2 Å². The van der Waals surface area contributed by atoms with Gasteiger partial charge in [-0.3, -0.25) is 4.90 Å². The number of carbonyl (C=O) groups is 1. The van der Waals surface area contributed by atoms with Crippen molar-refractivity contribution in [2.45, 2.75) is 56.5 Å². The molecule has 41 heavy (non-hydrogen) atoms. The monoisotopic (exact) mass is 562 g/mol. The van der Waals surface area contributed by atoms with E-state index in [9.17, 15) is 9.90 Å². The average Bonchev–Trinajstić information content (AvgIpc) is 3.37. The summed E-state index contributed by atoms with van der Waals surface area (Å²) in [5.41, 5.74) is 3.09. The molecule has 0 aliphatic carbocycles. The molecule has 0 radical (unpaired) electrons. The smallest absolute Gasteiger partial charge is 0.404 e. The van der Waals surface area contributed by atoms with Gasteiger partial charge in [-0.15, -0.1) is 0 Å². The van der Waals surface area contributed by atoms with Crippen molar-refractivity contribution in [1.82, 2.24) is 10.2 Å². The van der Waals surface area contributed by atoms with Gasteiger partial charge in [0.25, 0.3) is 0 Å². The minimum Gasteiger partial charge on any atom is -0.497 e. The van der Waals surface area contributed by atoms with Crippen molar-refractivity contribution in [3.05, 3.63) is 95.6 Å². The normalized spacial score (nSPS) is 17.9. The van der Waals surface area contributed by atoms with E-state index in [4.69, 9.17) is 19.3 Å². The first-order valence-electron chi connectivity index (χ1n) is 14.4. The highest BCUT2D eigenvalue weighted by Crippen LogP contribution is 2.39. The highest BCUT2D eigenvalue weighted by Gasteiger charge is 2.39. The Bertz CT molecular complexity index is 1140. The molecule has 3 aromatic rings. The molecule has 1 aliphatic rings. The van der Waals surface area contributed by atoms with Crippen LogP contribution in [0, 0.1) is 0 Å². The molecule has 8 nitrogen and oxygen atoms in total. The number of benzene rings is 3. The van der Waals surface area contributed by atoms with Crippen LogP contribution in [0.1, 0.15) is 61.0 Å². The number of methoxy groups -OCH3 is 2. The molecule has 3 N–H and O–H groups in total. The summed E-state index contributed by atoms with van der Waals surface area (Å²) in [4.78, 5) is 13.0. The van der Waals surface area contributed by atoms with Crippen molar-refractivity contribution < 1.29 is 29.2 Å². The Labute approximate surface area is 242 Å². The summed E-state index contributed by atoms with van der Waals surface area (Å²) in [5.74, 6) is 1.57. The third-order valence-electron chi connectivity index (χ3n) is 7.67. The third kappa shape index (κ3) is 8.70. The Kier molecular flexibility index (Phi) is 11.4. The van der Waals surface area contributed by atoms with Crippen molar-refractivity contribution in [2.24, 2.45) is 0 Å². The molecule has 1 amide bonds. The van der Waals surface area contributed by atoms with Crippen LogP contribution in [0.2, 0.25) is 0 Å². The van der Waals surface area contributed by atoms with Crippen molar-refractivity contribution in [2.75, 3.05) is 33.9 Å². The number of carboxylic acid groups (broad SMARTS) is 1. The van der Waals surface area contributed by atoms with E-state index in [2.05, 4.69) is 22.3 Å². The van der Waals surface area contributed by atoms with Gasteiger partial charge in [-0.1, -0.05) is 67.4 Å². The fraction of sp³-hybridized carbons (Fsp3) is 0.424. The number of nitrogens with zero attached hydrogens (tertiary/aromatic N) is 1. The van der Waals surface area contributed by atoms with Gasteiger partial charge in [-0.25, -0.2) is 4.79 Å². The molecule has 0 aromatic heterocycles. The minimum atomic E-state index is -0.978. The quantitative estimate of drug-likeness (QED) is 0.201. The second kappa shape index (κ2) is 15.4. The molecule has 0 saturated carbocycles. The van der Waals surface area contributed by atoms with E-state index in [1.54, 1.807) is 14.2 Å². The van der Waals surface area contributed by atoms with Crippen molar-refractivity contribution in [3.63, 3.8) is 0 Å². The second-order valence-corrected chi connectivity index (χ2v) is 10.5. The SMILES string of the molecule is COc1ccc(C(OC(c2ccccc2)C2CC(O)CN2CCCCCCNC(=O)O)c2ccc(OC)cc2)cc1. The first kappa shape index (κ1) is 30.4. The lowest BCUT2D eigenvalue weighted by Gasteiger charge is -2.35. The first-order chi connectivity index (χ1) is 20.0. The summed E-state index contributed by atoms with van der Waals surface area (Å²) in [5, 5.41) is 22.0. The Morgan fingerprint density at radius 2 is 1.44 bits per heavy atom. The fourth-order valence-corrected chi connectivity index (χ4v) is 5.56. The molecule has 1 heterocycles. The lowest BCUT2D eigenvalue weighted by molar-refractivity contribution is -0.0386. The van der Waals surface area contributed by atoms with Crippen LogP contribution in [-0.4, -0.2) is 67.2 Å². The van der Waals surface area contributed by atoms with Gasteiger partial charge in [-0.2, -0.15) is 0 Å². The Morgan fingerprint density at radius 3 is 2.00 bits per heavy atom. The van der Waals surface area contributed by atoms with Crippen LogP contribution in [0.25, 0.3) is 0 Å². The Hall–Kier alpha value is -3.59. The van der Waals surface area contributed by atoms with E-state index in [0.29, 0.717) is 19.5 Å². The maximum atomic E-state index is 10.8. The number of hydrogen-bond donors (Lipinski definition) is 3. The maximum Gasteiger partial charge on any atom is 0.404 e. The van der Waals surface area contributed by atoms with Crippen molar-refractivity contribution >= 4 is 6.09 Å². The molecular weight excluding hydrogens is 520 g/mol. The zero-order chi connectivity index (χ0) is 29.0. The van der Waals surface area contributed by atoms with Gasteiger partial charge < -0.3 is 29.7 Å². The molecule has 1 saturated heterocycles. The lowest BCUT2D eigenvalue weighted by Crippen LogP contribution is -2.37. The van der Waals surface area contributed by atoms with Crippen LogP contribution < -0.4 is 14.8 Å². The predicted molar refractivity (Wildman–Crippen MR) is 159 cm³/mol. The average molecular weight is 563 g/mol. The van der Waals surface area contributed by atoms with Gasteiger partial charge in [0.2, 0.25) is 0 Å². The molecule has 3 aromatic carbocycles. The third-order valence-corrected chi connectivity index (χ3v) is 7.67. The Balaban J connectivity index is 1.56. The van der Waals surface area contributed by atoms with Crippen molar-refractivity contribution in [1.29, 1.82) is 0 Å². The second-order valence-electron chi connectivity index (χ2n) is 10.5. The number of aliphatic hydroxyl groups excluding tert-OH is 1. The molecular formula is C33H42N2O6. The fourth-order valence-electron chi connectivity index (χ4n) is 5.56. The zero-order valence-corrected chi connectivity index (χ0v) is 23.9. The van der Waals surface area contributed by atoms with Gasteiger partial charge in [-0.05, 0) is 66.8 Å². The van der Waals surface area contributed by atoms with E-state index in [1.807, 2.05) is 66.7 Å². The van der Waals surface area contributed by atoms with Crippen LogP contribution in [0.3, 0.4) is 0 Å². The van der Waals surface area contributed by atoms with Gasteiger partial charge >= 0.3 is 6.09 Å². The summed E-state index contributed by atoms with van der Waals surface area (Å²) in [6.45, 7) is 1.92. The molecule has 1 fully saturated rings. The molecule has 8 heteroatoms. The van der Waals surface area contributed by atoms with Crippen molar-refractivity contribution in [3.8, 4) is 11.5 Å². The summed E-state index contributed by atoms with van der Waals surface area (Å²) in [6, 6.07) is 26.2. The number of nitrogens with one attached hydrogen (secondary N) is 1. The van der Waals surface area contributed by atoms with Gasteiger partial charge in [0.15, 0.2) is 0 Å². The first-order valence-corrected chi connectivity index (χ1v) is 14.4. The number of hydrogen-bond acceptors (Lipinski definition) is 6. The molecule has 0 bridgehead atoms. The molecule has 3 unspecified atom stereocenters. The van der Waals surface area contributed by atoms with E-state index >= 15 is 0 Å². The largest absolute Gasteiger partial charge is 0.497 e. The summed E-state index contributed by atoms with van der Waals surface area (Å²) < 4.78 is 17.9. The van der Waals surface area contributed by atoms with Crippen LogP contribution in [-0.2, 0) is 4.74 Å². The van der Waals surface area contributed by atoms with Gasteiger partial charge in [0, 0.05) is 19.1 Å². The number of ether oxygens (including phenoxy) is 3. The van der Waals surface area contributed by atoms with Crippen LogP contribution in [0.15, 0.2) is 78.9 Å². The molecule has 3 atom stereocenters. The topological polar surface area (TPSA) is 100 Å². The number of aliphatic hydroxyl groups is 1. The maximum absolute atomic E-state index is 10.8. The highest BCUT2D eigenvalue weighted by molar-refractivity contribution is 5.64. The van der Waals surface area contributed by atoms with E-state index in [0.717, 1.165) is 60.4 Å². The predicted octanol–water partition coefficient (Wildman–Crippen LogP) is 5.81. The van der Waals surface area contributed by atoms with Crippen LogP contribution in [0.4, 0.5) is 4.79 Å². The number of unbranched alkanes of at least 4 members (excludes halogenated alkanes) is 3. The van der Waals surface area contributed by atoms with Gasteiger partial charge in [0.1, 0.15) is 17.6 Å². The standard InChI is InChI=1S/C33H42N2O6/c1-39-28-16-12-25(13-17-28)31(26-14-18-29(40-2)19-15-26)41-32(24-10-6-5-7-11-24)30-22-27(36)23-35(30)21-9-4-3-8-20-34-33(37)38/h5-7,10-19,27,30-32,34,36H,3-4,8-9,20-23H2,1-2H3,(H,37,38). The number of rotatable bonds is 15. The van der Waals surface area contributed by atoms with Crippen LogP contribution >= 0.6 is 0 Å². The summed E-state index contributed by atoms with van der Waals surface area (Å²) in [6.07, 6.45) is 2.34. The minimum absolute atomic E-state index is 0.0000683. The zero-order valence-electron chi connectivity index (χ0n) is 23.9. The molecule has 0 spiro atoms. The number of amides is 1. The molecule has 4 rings (SSSR count). The molecule has 1 aliphatic heterocycles. The highest BCUT2D eigenvalue weighted by atomic mass is 16.5. The molecule has 220 valence electrons. The van der Waals surface area contributed by atoms with E-state index in [-0.39, 0.29) is 18.2 Å². The summed E-state index contributed by atoms with van der Waals surface area (Å²) in [7, 11) is 3.32. The van der Waals surface area contributed by atoms with Gasteiger partial charge in [0.05, 0.1) is 26.4 Å².